The van der Waals surface area contributed by atoms with Crippen molar-refractivity contribution in [2.24, 2.45) is 4.99 Å². The SMILES string of the molecule is CCNC(=NCc1cccc(C(=O)NC(C)(C)C)c1)NCc1coc(-c2ccc(C)cc2)n1.I. The summed E-state index contributed by atoms with van der Waals surface area (Å²) >= 11 is 0. The molecule has 3 N–H and O–H groups in total. The Morgan fingerprint density at radius 3 is 2.50 bits per heavy atom. The summed E-state index contributed by atoms with van der Waals surface area (Å²) in [5, 5.41) is 9.51. The van der Waals surface area contributed by atoms with E-state index in [4.69, 9.17) is 4.42 Å². The zero-order chi connectivity index (χ0) is 23.8. The lowest BCUT2D eigenvalue weighted by molar-refractivity contribution is 0.0919. The molecule has 34 heavy (non-hydrogen) atoms. The molecule has 1 heterocycles. The van der Waals surface area contributed by atoms with Crippen molar-refractivity contribution in [2.45, 2.75) is 53.2 Å². The van der Waals surface area contributed by atoms with Gasteiger partial charge in [-0.1, -0.05) is 29.8 Å². The van der Waals surface area contributed by atoms with E-state index in [1.54, 1.807) is 6.26 Å². The quantitative estimate of drug-likeness (QED) is 0.208. The molecule has 0 unspecified atom stereocenters. The Morgan fingerprint density at radius 2 is 1.82 bits per heavy atom. The van der Waals surface area contributed by atoms with Gasteiger partial charge in [0.05, 0.1) is 18.8 Å². The van der Waals surface area contributed by atoms with Crippen molar-refractivity contribution in [3.8, 4) is 11.5 Å². The highest BCUT2D eigenvalue weighted by atomic mass is 127. The summed E-state index contributed by atoms with van der Waals surface area (Å²) in [4.78, 5) is 21.7. The molecule has 0 atom stereocenters. The molecule has 0 saturated carbocycles. The van der Waals surface area contributed by atoms with Gasteiger partial charge in [-0.3, -0.25) is 4.79 Å². The monoisotopic (exact) mass is 575 g/mol. The van der Waals surface area contributed by atoms with Crippen LogP contribution in [0.4, 0.5) is 0 Å². The van der Waals surface area contributed by atoms with Crippen LogP contribution in [0, 0.1) is 6.92 Å². The highest BCUT2D eigenvalue weighted by Gasteiger charge is 2.15. The van der Waals surface area contributed by atoms with E-state index in [0.29, 0.717) is 30.5 Å². The van der Waals surface area contributed by atoms with E-state index in [9.17, 15) is 4.79 Å². The van der Waals surface area contributed by atoms with Crippen LogP contribution in [0.1, 0.15) is 54.9 Å². The third kappa shape index (κ3) is 8.48. The lowest BCUT2D eigenvalue weighted by atomic mass is 10.1. The first-order valence-corrected chi connectivity index (χ1v) is 11.2. The first kappa shape index (κ1) is 27.4. The Hall–Kier alpha value is -2.88. The Morgan fingerprint density at radius 1 is 1.09 bits per heavy atom. The summed E-state index contributed by atoms with van der Waals surface area (Å²) in [6.45, 7) is 11.6. The van der Waals surface area contributed by atoms with E-state index in [1.165, 1.54) is 5.56 Å². The van der Waals surface area contributed by atoms with Gasteiger partial charge in [-0.05, 0) is 64.4 Å². The molecular weight excluding hydrogens is 541 g/mol. The number of amides is 1. The van der Waals surface area contributed by atoms with Gasteiger partial charge in [-0.2, -0.15) is 0 Å². The summed E-state index contributed by atoms with van der Waals surface area (Å²) in [5.41, 5.74) is 4.23. The Kier molecular flexibility index (Phi) is 10.1. The summed E-state index contributed by atoms with van der Waals surface area (Å²) in [6.07, 6.45) is 1.66. The maximum atomic E-state index is 12.4. The number of hydrogen-bond donors (Lipinski definition) is 3. The molecule has 3 rings (SSSR count). The van der Waals surface area contributed by atoms with Crippen LogP contribution in [-0.4, -0.2) is 28.9 Å². The number of guanidine groups is 1. The fraction of sp³-hybridized carbons (Fsp3) is 0.346. The molecule has 182 valence electrons. The van der Waals surface area contributed by atoms with Crippen molar-refractivity contribution in [1.82, 2.24) is 20.9 Å². The zero-order valence-electron chi connectivity index (χ0n) is 20.4. The van der Waals surface area contributed by atoms with Crippen LogP contribution in [0.5, 0.6) is 0 Å². The van der Waals surface area contributed by atoms with Crippen molar-refractivity contribution < 1.29 is 9.21 Å². The van der Waals surface area contributed by atoms with Gasteiger partial charge in [0.1, 0.15) is 6.26 Å². The molecule has 1 aromatic heterocycles. The second kappa shape index (κ2) is 12.5. The minimum atomic E-state index is -0.284. The van der Waals surface area contributed by atoms with E-state index < -0.39 is 0 Å². The Labute approximate surface area is 218 Å². The number of aromatic nitrogens is 1. The summed E-state index contributed by atoms with van der Waals surface area (Å²) in [5.74, 6) is 1.18. The number of oxazole rings is 1. The highest BCUT2D eigenvalue weighted by Crippen LogP contribution is 2.19. The van der Waals surface area contributed by atoms with Gasteiger partial charge in [0.2, 0.25) is 5.89 Å². The minimum absolute atomic E-state index is 0. The van der Waals surface area contributed by atoms with Crippen LogP contribution in [0.25, 0.3) is 11.5 Å². The van der Waals surface area contributed by atoms with E-state index in [1.807, 2.05) is 83.1 Å². The number of carbonyl (C=O) groups excluding carboxylic acids is 1. The second-order valence-corrected chi connectivity index (χ2v) is 8.96. The van der Waals surface area contributed by atoms with Gasteiger partial charge in [0, 0.05) is 23.2 Å². The molecule has 0 saturated heterocycles. The number of nitrogens with zero attached hydrogens (tertiary/aromatic N) is 2. The molecule has 0 radical (unpaired) electrons. The number of nitrogens with one attached hydrogen (secondary N) is 3. The van der Waals surface area contributed by atoms with Crippen LogP contribution >= 0.6 is 24.0 Å². The number of aryl methyl sites for hydroxylation is 1. The van der Waals surface area contributed by atoms with Crippen LogP contribution in [0.3, 0.4) is 0 Å². The summed E-state index contributed by atoms with van der Waals surface area (Å²) in [6, 6.07) is 15.6. The van der Waals surface area contributed by atoms with Crippen molar-refractivity contribution in [3.05, 3.63) is 77.2 Å². The Balaban J connectivity index is 0.00000408. The maximum Gasteiger partial charge on any atom is 0.251 e. The van der Waals surface area contributed by atoms with Crippen LogP contribution in [0.15, 0.2) is 64.2 Å². The van der Waals surface area contributed by atoms with Crippen molar-refractivity contribution in [3.63, 3.8) is 0 Å². The van der Waals surface area contributed by atoms with Gasteiger partial charge in [-0.25, -0.2) is 9.98 Å². The van der Waals surface area contributed by atoms with E-state index >= 15 is 0 Å². The number of hydrogen-bond acceptors (Lipinski definition) is 4. The molecule has 8 heteroatoms. The smallest absolute Gasteiger partial charge is 0.251 e. The molecule has 0 bridgehead atoms. The third-order valence-corrected chi connectivity index (χ3v) is 4.73. The van der Waals surface area contributed by atoms with Gasteiger partial charge in [0.25, 0.3) is 5.91 Å². The second-order valence-electron chi connectivity index (χ2n) is 8.96. The molecule has 0 aliphatic rings. The average Bonchev–Trinajstić information content (AvgIpc) is 3.24. The van der Waals surface area contributed by atoms with E-state index in [0.717, 1.165) is 23.4 Å². The standard InChI is InChI=1S/C26H33N5O2.HI/c1-6-27-25(28-15-19-8-7-9-21(14-19)23(32)31-26(3,4)5)29-16-22-17-33-24(30-22)20-12-10-18(2)11-13-20;/h7-14,17H,6,15-16H2,1-5H3,(H,31,32)(H2,27,28,29);1H. The normalized spacial score (nSPS) is 11.5. The van der Waals surface area contributed by atoms with Gasteiger partial charge in [-0.15, -0.1) is 24.0 Å². The number of aliphatic imine (C=N–C) groups is 1. The summed E-state index contributed by atoms with van der Waals surface area (Å²) in [7, 11) is 0. The van der Waals surface area contributed by atoms with Crippen molar-refractivity contribution in [2.75, 3.05) is 6.54 Å². The Bertz CT molecular complexity index is 1100. The van der Waals surface area contributed by atoms with Crippen LogP contribution < -0.4 is 16.0 Å². The third-order valence-electron chi connectivity index (χ3n) is 4.73. The molecule has 1 amide bonds. The van der Waals surface area contributed by atoms with Gasteiger partial charge < -0.3 is 20.4 Å². The van der Waals surface area contributed by atoms with Crippen molar-refractivity contribution >= 4 is 35.8 Å². The highest BCUT2D eigenvalue weighted by molar-refractivity contribution is 14.0. The number of rotatable bonds is 7. The lowest BCUT2D eigenvalue weighted by Gasteiger charge is -2.20. The molecular formula is C26H34IN5O2. The lowest BCUT2D eigenvalue weighted by Crippen LogP contribution is -2.40. The molecule has 0 fully saturated rings. The van der Waals surface area contributed by atoms with Crippen molar-refractivity contribution in [1.29, 1.82) is 0 Å². The molecule has 0 aliphatic heterocycles. The molecule has 2 aromatic carbocycles. The number of halogens is 1. The number of benzene rings is 2. The molecule has 0 spiro atoms. The largest absolute Gasteiger partial charge is 0.444 e. The predicted octanol–water partition coefficient (Wildman–Crippen LogP) is 5.05. The fourth-order valence-electron chi connectivity index (χ4n) is 3.13. The number of carbonyl (C=O) groups is 1. The minimum Gasteiger partial charge on any atom is -0.444 e. The average molecular weight is 575 g/mol. The van der Waals surface area contributed by atoms with E-state index in [-0.39, 0.29) is 35.4 Å². The first-order chi connectivity index (χ1) is 15.7. The molecule has 7 nitrogen and oxygen atoms in total. The van der Waals surface area contributed by atoms with Crippen LogP contribution in [-0.2, 0) is 13.1 Å². The van der Waals surface area contributed by atoms with Gasteiger partial charge in [0.15, 0.2) is 5.96 Å². The molecule has 3 aromatic rings. The van der Waals surface area contributed by atoms with E-state index in [2.05, 4.69) is 25.9 Å². The molecule has 0 aliphatic carbocycles. The first-order valence-electron chi connectivity index (χ1n) is 11.2. The summed E-state index contributed by atoms with van der Waals surface area (Å²) < 4.78 is 5.63. The predicted molar refractivity (Wildman–Crippen MR) is 147 cm³/mol. The fourth-order valence-corrected chi connectivity index (χ4v) is 3.13. The topological polar surface area (TPSA) is 91.5 Å². The zero-order valence-corrected chi connectivity index (χ0v) is 22.8. The van der Waals surface area contributed by atoms with Crippen LogP contribution in [0.2, 0.25) is 0 Å². The van der Waals surface area contributed by atoms with Gasteiger partial charge >= 0.3 is 0 Å². The maximum absolute atomic E-state index is 12.4.